The molecule has 0 bridgehead atoms. The maximum Gasteiger partial charge on any atom is 0.298 e. The number of nitrogens with zero attached hydrogens (tertiary/aromatic N) is 3. The van der Waals surface area contributed by atoms with Gasteiger partial charge in [0.15, 0.2) is 5.58 Å². The average molecular weight is 325 g/mol. The number of para-hydroxylation sites is 2. The van der Waals surface area contributed by atoms with Crippen molar-refractivity contribution < 1.29 is 9.21 Å². The smallest absolute Gasteiger partial charge is 0.298 e. The van der Waals surface area contributed by atoms with E-state index in [1.165, 1.54) is 0 Å². The molecule has 2 atom stereocenters. The minimum atomic E-state index is 0.144. The molecule has 1 aromatic carbocycles. The number of rotatable bonds is 2. The number of fused-ring (bicyclic) bond motifs is 1. The molecular weight excluding hydrogens is 302 g/mol. The molecule has 1 amide bonds. The first kappa shape index (κ1) is 15.2. The van der Waals surface area contributed by atoms with Gasteiger partial charge in [0, 0.05) is 32.1 Å². The minimum Gasteiger partial charge on any atom is -0.423 e. The van der Waals surface area contributed by atoms with Crippen LogP contribution in [0.2, 0.25) is 0 Å². The maximum atomic E-state index is 12.8. The van der Waals surface area contributed by atoms with Crippen LogP contribution in [-0.2, 0) is 4.79 Å². The lowest BCUT2D eigenvalue weighted by atomic mass is 9.83. The summed E-state index contributed by atoms with van der Waals surface area (Å²) in [5.41, 5.74) is 1.70. The van der Waals surface area contributed by atoms with Gasteiger partial charge in [0.05, 0.1) is 0 Å². The van der Waals surface area contributed by atoms with Gasteiger partial charge < -0.3 is 14.2 Å². The molecule has 5 heteroatoms. The number of oxazole rings is 1. The van der Waals surface area contributed by atoms with Crippen molar-refractivity contribution >= 4 is 23.0 Å². The number of hydrogen-bond donors (Lipinski definition) is 0. The van der Waals surface area contributed by atoms with E-state index < -0.39 is 0 Å². The summed E-state index contributed by atoms with van der Waals surface area (Å²) in [6.45, 7) is 5.21. The van der Waals surface area contributed by atoms with Gasteiger partial charge >= 0.3 is 0 Å². The molecule has 2 heterocycles. The summed E-state index contributed by atoms with van der Waals surface area (Å²) in [5.74, 6) is 0.896. The SMILES string of the molecule is C[C@@H]1CC=CC[C@H]1C(=O)N1CCN(c2nc3ccccc3o2)CC1. The van der Waals surface area contributed by atoms with Gasteiger partial charge in [-0.05, 0) is 30.9 Å². The number of carbonyl (C=O) groups excluding carboxylic acids is 1. The number of anilines is 1. The Kier molecular flexibility index (Phi) is 4.00. The highest BCUT2D eigenvalue weighted by Gasteiger charge is 2.31. The molecule has 1 fully saturated rings. The van der Waals surface area contributed by atoms with E-state index in [1.807, 2.05) is 29.2 Å². The highest BCUT2D eigenvalue weighted by molar-refractivity contribution is 5.80. The molecule has 5 nitrogen and oxygen atoms in total. The maximum absolute atomic E-state index is 12.8. The van der Waals surface area contributed by atoms with Gasteiger partial charge in [-0.3, -0.25) is 4.79 Å². The van der Waals surface area contributed by atoms with Crippen molar-refractivity contribution in [1.82, 2.24) is 9.88 Å². The van der Waals surface area contributed by atoms with Crippen LogP contribution in [0.15, 0.2) is 40.8 Å². The van der Waals surface area contributed by atoms with Crippen LogP contribution in [0.1, 0.15) is 19.8 Å². The van der Waals surface area contributed by atoms with Gasteiger partial charge in [-0.2, -0.15) is 4.98 Å². The van der Waals surface area contributed by atoms with Crippen LogP contribution in [0.5, 0.6) is 0 Å². The zero-order valence-corrected chi connectivity index (χ0v) is 14.0. The Balaban J connectivity index is 1.41. The fourth-order valence-electron chi connectivity index (χ4n) is 3.64. The highest BCUT2D eigenvalue weighted by Crippen LogP contribution is 2.28. The van der Waals surface area contributed by atoms with Crippen molar-refractivity contribution in [2.24, 2.45) is 11.8 Å². The normalized spacial score (nSPS) is 24.5. The molecule has 126 valence electrons. The Labute approximate surface area is 141 Å². The zero-order chi connectivity index (χ0) is 16.5. The first-order chi connectivity index (χ1) is 11.7. The summed E-state index contributed by atoms with van der Waals surface area (Å²) in [6.07, 6.45) is 6.24. The van der Waals surface area contributed by atoms with E-state index in [0.29, 0.717) is 17.8 Å². The molecular formula is C19H23N3O2. The van der Waals surface area contributed by atoms with Crippen LogP contribution < -0.4 is 4.90 Å². The largest absolute Gasteiger partial charge is 0.423 e. The van der Waals surface area contributed by atoms with Crippen molar-refractivity contribution in [2.75, 3.05) is 31.1 Å². The summed E-state index contributed by atoms with van der Waals surface area (Å²) in [6, 6.07) is 8.47. The Morgan fingerprint density at radius 3 is 2.62 bits per heavy atom. The van der Waals surface area contributed by atoms with E-state index >= 15 is 0 Å². The van der Waals surface area contributed by atoms with Crippen LogP contribution in [-0.4, -0.2) is 42.0 Å². The van der Waals surface area contributed by atoms with Crippen molar-refractivity contribution in [3.8, 4) is 0 Å². The van der Waals surface area contributed by atoms with Crippen molar-refractivity contribution in [3.63, 3.8) is 0 Å². The molecule has 0 unspecified atom stereocenters. The molecule has 1 aromatic heterocycles. The second kappa shape index (κ2) is 6.30. The predicted molar refractivity (Wildman–Crippen MR) is 93.8 cm³/mol. The summed E-state index contributed by atoms with van der Waals surface area (Å²) >= 11 is 0. The molecule has 0 spiro atoms. The second-order valence-electron chi connectivity index (χ2n) is 6.80. The minimum absolute atomic E-state index is 0.144. The molecule has 1 saturated heterocycles. The number of benzene rings is 1. The Morgan fingerprint density at radius 1 is 1.12 bits per heavy atom. The fourth-order valence-corrected chi connectivity index (χ4v) is 3.64. The zero-order valence-electron chi connectivity index (χ0n) is 14.0. The molecule has 1 aliphatic carbocycles. The quantitative estimate of drug-likeness (QED) is 0.796. The molecule has 24 heavy (non-hydrogen) atoms. The van der Waals surface area contributed by atoms with E-state index in [1.54, 1.807) is 0 Å². The number of allylic oxidation sites excluding steroid dienone is 2. The van der Waals surface area contributed by atoms with E-state index in [-0.39, 0.29) is 5.92 Å². The van der Waals surface area contributed by atoms with Crippen LogP contribution in [0, 0.1) is 11.8 Å². The van der Waals surface area contributed by atoms with Crippen molar-refractivity contribution in [1.29, 1.82) is 0 Å². The van der Waals surface area contributed by atoms with Crippen LogP contribution in [0.3, 0.4) is 0 Å². The molecule has 0 N–H and O–H groups in total. The average Bonchev–Trinajstić information content (AvgIpc) is 3.06. The first-order valence-electron chi connectivity index (χ1n) is 8.76. The van der Waals surface area contributed by atoms with E-state index in [0.717, 1.165) is 50.1 Å². The van der Waals surface area contributed by atoms with E-state index in [9.17, 15) is 4.79 Å². The molecule has 2 aromatic rings. The third kappa shape index (κ3) is 2.79. The number of hydrogen-bond acceptors (Lipinski definition) is 4. The van der Waals surface area contributed by atoms with Crippen molar-refractivity contribution in [3.05, 3.63) is 36.4 Å². The lowest BCUT2D eigenvalue weighted by Crippen LogP contribution is -2.51. The topological polar surface area (TPSA) is 49.6 Å². The van der Waals surface area contributed by atoms with Crippen LogP contribution in [0.4, 0.5) is 6.01 Å². The molecule has 0 saturated carbocycles. The standard InChI is InChI=1S/C19H23N3O2/c1-14-6-2-3-7-15(14)18(23)21-10-12-22(13-11-21)19-20-16-8-4-5-9-17(16)24-19/h2-5,8-9,14-15H,6-7,10-13H2,1H3/t14-,15-/m1/s1. The Hall–Kier alpha value is -2.30. The first-order valence-corrected chi connectivity index (χ1v) is 8.76. The molecule has 0 radical (unpaired) electrons. The van der Waals surface area contributed by atoms with Crippen LogP contribution >= 0.6 is 0 Å². The second-order valence-corrected chi connectivity index (χ2v) is 6.80. The number of carbonyl (C=O) groups is 1. The van der Waals surface area contributed by atoms with Gasteiger partial charge in [-0.25, -0.2) is 0 Å². The molecule has 4 rings (SSSR count). The summed E-state index contributed by atoms with van der Waals surface area (Å²) < 4.78 is 5.84. The van der Waals surface area contributed by atoms with Gasteiger partial charge in [0.2, 0.25) is 5.91 Å². The number of aromatic nitrogens is 1. The summed E-state index contributed by atoms with van der Waals surface area (Å²) in [7, 11) is 0. The Morgan fingerprint density at radius 2 is 1.88 bits per heavy atom. The third-order valence-electron chi connectivity index (χ3n) is 5.21. The van der Waals surface area contributed by atoms with Crippen molar-refractivity contribution in [2.45, 2.75) is 19.8 Å². The number of amides is 1. The lowest BCUT2D eigenvalue weighted by molar-refractivity contribution is -0.137. The summed E-state index contributed by atoms with van der Waals surface area (Å²) in [4.78, 5) is 21.5. The van der Waals surface area contributed by atoms with Gasteiger partial charge in [0.25, 0.3) is 6.01 Å². The predicted octanol–water partition coefficient (Wildman–Crippen LogP) is 3.08. The van der Waals surface area contributed by atoms with Gasteiger partial charge in [0.1, 0.15) is 5.52 Å². The lowest BCUT2D eigenvalue weighted by Gasteiger charge is -2.37. The van der Waals surface area contributed by atoms with E-state index in [2.05, 4.69) is 29.0 Å². The summed E-state index contributed by atoms with van der Waals surface area (Å²) in [5, 5.41) is 0. The van der Waals surface area contributed by atoms with E-state index in [4.69, 9.17) is 4.42 Å². The third-order valence-corrected chi connectivity index (χ3v) is 5.21. The number of piperazine rings is 1. The highest BCUT2D eigenvalue weighted by atomic mass is 16.4. The molecule has 2 aliphatic rings. The molecule has 1 aliphatic heterocycles. The Bertz CT molecular complexity index is 726. The van der Waals surface area contributed by atoms with Gasteiger partial charge in [-0.1, -0.05) is 31.2 Å². The monoisotopic (exact) mass is 325 g/mol. The van der Waals surface area contributed by atoms with Crippen LogP contribution in [0.25, 0.3) is 11.1 Å². The fraction of sp³-hybridized carbons (Fsp3) is 0.474. The van der Waals surface area contributed by atoms with Gasteiger partial charge in [-0.15, -0.1) is 0 Å².